The van der Waals surface area contributed by atoms with Crippen LogP contribution in [0, 0.1) is 5.82 Å². The molecule has 3 rings (SSSR count). The molecule has 0 aliphatic heterocycles. The third-order valence-corrected chi connectivity index (χ3v) is 3.83. The molecule has 0 bridgehead atoms. The van der Waals surface area contributed by atoms with E-state index >= 15 is 0 Å². The molecule has 0 fully saturated rings. The first kappa shape index (κ1) is 17.3. The summed E-state index contributed by atoms with van der Waals surface area (Å²) in [7, 11) is 1.60. The van der Waals surface area contributed by atoms with Crippen LogP contribution in [0.2, 0.25) is 0 Å². The first-order valence-corrected chi connectivity index (χ1v) is 7.26. The van der Waals surface area contributed by atoms with E-state index in [1.165, 1.54) is 12.1 Å². The fraction of sp³-hybridized carbons (Fsp3) is 0.0625. The number of aromatic nitrogens is 1. The van der Waals surface area contributed by atoms with Gasteiger partial charge in [0.2, 0.25) is 0 Å². The van der Waals surface area contributed by atoms with Crippen LogP contribution in [0.4, 0.5) is 15.9 Å². The highest BCUT2D eigenvalue weighted by molar-refractivity contribution is 9.10. The van der Waals surface area contributed by atoms with E-state index in [1.54, 1.807) is 13.2 Å². The standard InChI is InChI=1S/C16H12BrFN2O2.ClH/c1-22-10-3-4-13-9(6-10)2-5-16(19-13)20-14-8-15(21)11(17)7-12(14)18;/h2-8,21H,1H3,(H,19,20);1H. The molecule has 7 heteroatoms. The van der Waals surface area contributed by atoms with Gasteiger partial charge in [0.25, 0.3) is 0 Å². The molecule has 0 atom stereocenters. The predicted octanol–water partition coefficient (Wildman–Crippen LogP) is 5.02. The Morgan fingerprint density at radius 3 is 2.70 bits per heavy atom. The summed E-state index contributed by atoms with van der Waals surface area (Å²) in [5.74, 6) is 0.702. The zero-order chi connectivity index (χ0) is 15.7. The Morgan fingerprint density at radius 1 is 1.17 bits per heavy atom. The monoisotopic (exact) mass is 398 g/mol. The number of anilines is 2. The Kier molecular flexibility index (Phi) is 5.28. The van der Waals surface area contributed by atoms with Gasteiger partial charge in [0.15, 0.2) is 0 Å². The van der Waals surface area contributed by atoms with Crippen LogP contribution < -0.4 is 10.1 Å². The molecule has 0 aliphatic carbocycles. The molecule has 23 heavy (non-hydrogen) atoms. The zero-order valence-corrected chi connectivity index (χ0v) is 14.4. The topological polar surface area (TPSA) is 54.4 Å². The van der Waals surface area contributed by atoms with Crippen LogP contribution in [0.5, 0.6) is 11.5 Å². The van der Waals surface area contributed by atoms with Crippen molar-refractivity contribution in [3.05, 3.63) is 52.8 Å². The first-order valence-electron chi connectivity index (χ1n) is 6.46. The molecule has 0 radical (unpaired) electrons. The molecule has 120 valence electrons. The highest BCUT2D eigenvalue weighted by Gasteiger charge is 2.09. The van der Waals surface area contributed by atoms with Gasteiger partial charge in [-0.3, -0.25) is 0 Å². The molecule has 1 heterocycles. The summed E-state index contributed by atoms with van der Waals surface area (Å²) >= 11 is 3.07. The molecule has 4 nitrogen and oxygen atoms in total. The summed E-state index contributed by atoms with van der Waals surface area (Å²) < 4.78 is 19.3. The molecule has 1 aromatic heterocycles. The number of phenols is 1. The van der Waals surface area contributed by atoms with E-state index in [9.17, 15) is 9.50 Å². The minimum absolute atomic E-state index is 0. The van der Waals surface area contributed by atoms with E-state index in [0.717, 1.165) is 16.7 Å². The average Bonchev–Trinajstić information content (AvgIpc) is 2.52. The lowest BCUT2D eigenvalue weighted by molar-refractivity contribution is 0.415. The van der Waals surface area contributed by atoms with E-state index in [1.807, 2.05) is 24.3 Å². The van der Waals surface area contributed by atoms with E-state index in [0.29, 0.717) is 10.3 Å². The molecule has 0 saturated carbocycles. The zero-order valence-electron chi connectivity index (χ0n) is 12.0. The highest BCUT2D eigenvalue weighted by Crippen LogP contribution is 2.31. The number of aromatic hydroxyl groups is 1. The lowest BCUT2D eigenvalue weighted by Gasteiger charge is -2.09. The van der Waals surface area contributed by atoms with E-state index < -0.39 is 5.82 Å². The van der Waals surface area contributed by atoms with Crippen LogP contribution >= 0.6 is 28.3 Å². The van der Waals surface area contributed by atoms with Crippen molar-refractivity contribution in [3.63, 3.8) is 0 Å². The van der Waals surface area contributed by atoms with Crippen molar-refractivity contribution in [2.24, 2.45) is 0 Å². The highest BCUT2D eigenvalue weighted by atomic mass is 79.9. The van der Waals surface area contributed by atoms with E-state index in [4.69, 9.17) is 4.74 Å². The SMILES string of the molecule is COc1ccc2nc(Nc3cc(O)c(Br)cc3F)ccc2c1.Cl. The predicted molar refractivity (Wildman–Crippen MR) is 94.6 cm³/mol. The number of ether oxygens (including phenoxy) is 1. The number of methoxy groups -OCH3 is 1. The summed E-state index contributed by atoms with van der Waals surface area (Å²) in [4.78, 5) is 4.41. The van der Waals surface area contributed by atoms with Crippen molar-refractivity contribution >= 4 is 50.7 Å². The second-order valence-electron chi connectivity index (χ2n) is 4.66. The summed E-state index contributed by atoms with van der Waals surface area (Å²) in [6.07, 6.45) is 0. The molecule has 3 aromatic rings. The summed E-state index contributed by atoms with van der Waals surface area (Å²) in [5, 5.41) is 13.4. The van der Waals surface area contributed by atoms with Gasteiger partial charge in [0, 0.05) is 11.5 Å². The van der Waals surface area contributed by atoms with Crippen molar-refractivity contribution in [1.82, 2.24) is 4.98 Å². The Labute approximate surface area is 146 Å². The summed E-state index contributed by atoms with van der Waals surface area (Å²) in [6, 6.07) is 11.6. The van der Waals surface area contributed by atoms with Gasteiger partial charge in [-0.1, -0.05) is 0 Å². The van der Waals surface area contributed by atoms with Crippen LogP contribution in [0.3, 0.4) is 0 Å². The molecule has 2 N–H and O–H groups in total. The van der Waals surface area contributed by atoms with Crippen molar-refractivity contribution in [2.75, 3.05) is 12.4 Å². The Morgan fingerprint density at radius 2 is 1.96 bits per heavy atom. The maximum Gasteiger partial charge on any atom is 0.148 e. The number of nitrogens with one attached hydrogen (secondary N) is 1. The van der Waals surface area contributed by atoms with Gasteiger partial charge in [-0.15, -0.1) is 12.4 Å². The number of hydrogen-bond donors (Lipinski definition) is 2. The van der Waals surface area contributed by atoms with Gasteiger partial charge in [-0.2, -0.15) is 0 Å². The maximum atomic E-state index is 13.9. The van der Waals surface area contributed by atoms with Gasteiger partial charge >= 0.3 is 0 Å². The number of fused-ring (bicyclic) bond motifs is 1. The van der Waals surface area contributed by atoms with Crippen molar-refractivity contribution in [3.8, 4) is 11.5 Å². The Balaban J connectivity index is 0.00000192. The lowest BCUT2D eigenvalue weighted by Crippen LogP contribution is -1.97. The number of phenolic OH excluding ortho intramolecular Hbond substituents is 1. The third kappa shape index (κ3) is 3.65. The number of halogens is 3. The number of hydrogen-bond acceptors (Lipinski definition) is 4. The third-order valence-electron chi connectivity index (χ3n) is 3.20. The number of benzene rings is 2. The normalized spacial score (nSPS) is 10.2. The smallest absolute Gasteiger partial charge is 0.148 e. The van der Waals surface area contributed by atoms with Crippen LogP contribution in [-0.2, 0) is 0 Å². The molecule has 2 aromatic carbocycles. The van der Waals surface area contributed by atoms with Gasteiger partial charge in [-0.25, -0.2) is 9.37 Å². The van der Waals surface area contributed by atoms with Gasteiger partial charge < -0.3 is 15.2 Å². The largest absolute Gasteiger partial charge is 0.507 e. The quantitative estimate of drug-likeness (QED) is 0.649. The molecule has 0 unspecified atom stereocenters. The molecule has 0 amide bonds. The first-order chi connectivity index (χ1) is 10.6. The summed E-state index contributed by atoms with van der Waals surface area (Å²) in [6.45, 7) is 0. The van der Waals surface area contributed by atoms with Crippen LogP contribution in [-0.4, -0.2) is 17.2 Å². The van der Waals surface area contributed by atoms with Crippen molar-refractivity contribution in [1.29, 1.82) is 0 Å². The number of rotatable bonds is 3. The average molecular weight is 400 g/mol. The van der Waals surface area contributed by atoms with E-state index in [-0.39, 0.29) is 23.8 Å². The minimum atomic E-state index is -0.485. The van der Waals surface area contributed by atoms with Gasteiger partial charge in [-0.05, 0) is 52.3 Å². The number of nitrogens with zero attached hydrogens (tertiary/aromatic N) is 1. The van der Waals surface area contributed by atoms with Gasteiger partial charge in [0.05, 0.1) is 22.8 Å². The molecular formula is C16H13BrClFN2O2. The molecular weight excluding hydrogens is 387 g/mol. The lowest BCUT2D eigenvalue weighted by atomic mass is 10.2. The molecule has 0 spiro atoms. The van der Waals surface area contributed by atoms with Crippen LogP contribution in [0.1, 0.15) is 0 Å². The second kappa shape index (κ2) is 7.02. The minimum Gasteiger partial charge on any atom is -0.507 e. The Hall–Kier alpha value is -2.05. The second-order valence-corrected chi connectivity index (χ2v) is 5.52. The van der Waals surface area contributed by atoms with Crippen molar-refractivity contribution < 1.29 is 14.2 Å². The maximum absolute atomic E-state index is 13.9. The van der Waals surface area contributed by atoms with Gasteiger partial charge in [0.1, 0.15) is 23.1 Å². The van der Waals surface area contributed by atoms with Crippen LogP contribution in [0.25, 0.3) is 10.9 Å². The molecule has 0 saturated heterocycles. The fourth-order valence-electron chi connectivity index (χ4n) is 2.07. The number of pyridine rings is 1. The molecule has 0 aliphatic rings. The fourth-order valence-corrected chi connectivity index (χ4v) is 2.39. The Bertz CT molecular complexity index is 861. The summed E-state index contributed by atoms with van der Waals surface area (Å²) in [5.41, 5.74) is 0.911. The van der Waals surface area contributed by atoms with Crippen LogP contribution in [0.15, 0.2) is 46.9 Å². The van der Waals surface area contributed by atoms with E-state index in [2.05, 4.69) is 26.2 Å². The van der Waals surface area contributed by atoms with Crippen molar-refractivity contribution in [2.45, 2.75) is 0 Å².